The van der Waals surface area contributed by atoms with Crippen LogP contribution in [0.15, 0.2) is 35.3 Å². The van der Waals surface area contributed by atoms with Crippen molar-refractivity contribution in [3.63, 3.8) is 0 Å². The number of hydrogen-bond acceptors (Lipinski definition) is 2. The van der Waals surface area contributed by atoms with E-state index in [2.05, 4.69) is 25.6 Å². The zero-order valence-electron chi connectivity index (χ0n) is 14.2. The molecule has 0 fully saturated rings. The van der Waals surface area contributed by atoms with Crippen molar-refractivity contribution >= 4 is 27.5 Å². The molecule has 23 heavy (non-hydrogen) atoms. The van der Waals surface area contributed by atoms with Crippen LogP contribution in [0.3, 0.4) is 0 Å². The summed E-state index contributed by atoms with van der Waals surface area (Å²) in [5.41, 5.74) is 5.84. The van der Waals surface area contributed by atoms with Crippen molar-refractivity contribution < 1.29 is 9.52 Å². The van der Waals surface area contributed by atoms with Crippen LogP contribution in [0, 0.1) is 6.92 Å². The number of aryl methyl sites for hydroxylation is 2. The predicted octanol–water partition coefficient (Wildman–Crippen LogP) is 6.37. The summed E-state index contributed by atoms with van der Waals surface area (Å²) in [4.78, 5) is 0. The Morgan fingerprint density at radius 1 is 1.17 bits per heavy atom. The van der Waals surface area contributed by atoms with Gasteiger partial charge in [0.05, 0.1) is 5.39 Å². The van der Waals surface area contributed by atoms with E-state index in [9.17, 15) is 5.11 Å². The van der Waals surface area contributed by atoms with Gasteiger partial charge in [-0.25, -0.2) is 0 Å². The molecule has 2 heteroatoms. The molecular formula is C21H24O2. The quantitative estimate of drug-likeness (QED) is 0.556. The molecule has 0 amide bonds. The minimum Gasteiger partial charge on any atom is -0.507 e. The summed E-state index contributed by atoms with van der Waals surface area (Å²) in [7, 11) is 0. The molecule has 0 saturated heterocycles. The SMILES string of the molecule is C=C(C)c1ccc(C)c2oc3cc(CCCCC)cc(O)c3c12. The van der Waals surface area contributed by atoms with E-state index in [1.807, 2.05) is 26.0 Å². The summed E-state index contributed by atoms with van der Waals surface area (Å²) < 4.78 is 6.10. The van der Waals surface area contributed by atoms with Crippen molar-refractivity contribution in [2.45, 2.75) is 46.5 Å². The maximum absolute atomic E-state index is 10.6. The molecule has 1 heterocycles. The van der Waals surface area contributed by atoms with Gasteiger partial charge < -0.3 is 9.52 Å². The van der Waals surface area contributed by atoms with Crippen LogP contribution in [0.4, 0.5) is 0 Å². The topological polar surface area (TPSA) is 33.4 Å². The van der Waals surface area contributed by atoms with Gasteiger partial charge in [-0.15, -0.1) is 0 Å². The summed E-state index contributed by atoms with van der Waals surface area (Å²) in [5.74, 6) is 0.306. The fraction of sp³-hybridized carbons (Fsp3) is 0.333. The Labute approximate surface area is 137 Å². The van der Waals surface area contributed by atoms with Crippen molar-refractivity contribution in [3.8, 4) is 5.75 Å². The second kappa shape index (κ2) is 6.11. The number of furan rings is 1. The van der Waals surface area contributed by atoms with Crippen LogP contribution in [-0.4, -0.2) is 5.11 Å². The molecule has 0 aliphatic heterocycles. The van der Waals surface area contributed by atoms with Gasteiger partial charge in [0.25, 0.3) is 0 Å². The first-order valence-electron chi connectivity index (χ1n) is 8.36. The summed E-state index contributed by atoms with van der Waals surface area (Å²) in [5, 5.41) is 12.4. The molecule has 120 valence electrons. The standard InChI is InChI=1S/C21H24O2/c1-5-6-7-8-15-11-17(22)20-18(12-15)23-21-14(4)9-10-16(13(2)3)19(20)21/h9-12,22H,2,5-8H2,1,3-4H3. The van der Waals surface area contributed by atoms with Crippen LogP contribution in [0.25, 0.3) is 27.5 Å². The third kappa shape index (κ3) is 2.74. The van der Waals surface area contributed by atoms with Crippen molar-refractivity contribution in [3.05, 3.63) is 47.5 Å². The van der Waals surface area contributed by atoms with Crippen LogP contribution < -0.4 is 0 Å². The highest BCUT2D eigenvalue weighted by molar-refractivity contribution is 6.13. The highest BCUT2D eigenvalue weighted by Gasteiger charge is 2.17. The number of allylic oxidation sites excluding steroid dienone is 1. The van der Waals surface area contributed by atoms with Gasteiger partial charge in [0.1, 0.15) is 16.9 Å². The second-order valence-corrected chi connectivity index (χ2v) is 6.46. The zero-order chi connectivity index (χ0) is 16.6. The number of phenolic OH excluding ortho intramolecular Hbond substituents is 1. The van der Waals surface area contributed by atoms with E-state index in [1.165, 1.54) is 12.8 Å². The normalized spacial score (nSPS) is 11.4. The molecule has 0 aliphatic rings. The maximum Gasteiger partial charge on any atom is 0.139 e. The number of phenols is 1. The second-order valence-electron chi connectivity index (χ2n) is 6.46. The molecular weight excluding hydrogens is 284 g/mol. The number of benzene rings is 2. The van der Waals surface area contributed by atoms with Gasteiger partial charge in [0.2, 0.25) is 0 Å². The first-order chi connectivity index (χ1) is 11.0. The van der Waals surface area contributed by atoms with Crippen LogP contribution >= 0.6 is 0 Å². The lowest BCUT2D eigenvalue weighted by molar-refractivity contribution is 0.480. The molecule has 0 saturated carbocycles. The lowest BCUT2D eigenvalue weighted by atomic mass is 9.97. The van der Waals surface area contributed by atoms with E-state index in [4.69, 9.17) is 4.42 Å². The summed E-state index contributed by atoms with van der Waals surface area (Å²) in [6, 6.07) is 8.07. The summed E-state index contributed by atoms with van der Waals surface area (Å²) in [6.45, 7) is 10.3. The summed E-state index contributed by atoms with van der Waals surface area (Å²) in [6.07, 6.45) is 4.51. The zero-order valence-corrected chi connectivity index (χ0v) is 14.2. The molecule has 0 aliphatic carbocycles. The van der Waals surface area contributed by atoms with Crippen LogP contribution in [0.2, 0.25) is 0 Å². The van der Waals surface area contributed by atoms with Gasteiger partial charge >= 0.3 is 0 Å². The van der Waals surface area contributed by atoms with Crippen molar-refractivity contribution in [1.82, 2.24) is 0 Å². The van der Waals surface area contributed by atoms with Gasteiger partial charge in [0.15, 0.2) is 0 Å². The molecule has 1 N–H and O–H groups in total. The average Bonchev–Trinajstić information content (AvgIpc) is 2.88. The fourth-order valence-electron chi connectivity index (χ4n) is 3.24. The molecule has 3 aromatic rings. The van der Waals surface area contributed by atoms with Gasteiger partial charge in [-0.05, 0) is 55.5 Å². The van der Waals surface area contributed by atoms with Gasteiger partial charge in [0, 0.05) is 5.39 Å². The Bertz CT molecular complexity index is 884. The van der Waals surface area contributed by atoms with Crippen LogP contribution in [-0.2, 0) is 6.42 Å². The monoisotopic (exact) mass is 308 g/mol. The summed E-state index contributed by atoms with van der Waals surface area (Å²) >= 11 is 0. The minimum atomic E-state index is 0.306. The highest BCUT2D eigenvalue weighted by Crippen LogP contribution is 2.40. The van der Waals surface area contributed by atoms with Crippen LogP contribution in [0.5, 0.6) is 5.75 Å². The van der Waals surface area contributed by atoms with Crippen molar-refractivity contribution in [2.24, 2.45) is 0 Å². The first kappa shape index (κ1) is 15.7. The molecule has 0 spiro atoms. The lowest BCUT2D eigenvalue weighted by Gasteiger charge is -2.05. The maximum atomic E-state index is 10.6. The number of aromatic hydroxyl groups is 1. The van der Waals surface area contributed by atoms with Crippen molar-refractivity contribution in [2.75, 3.05) is 0 Å². The van der Waals surface area contributed by atoms with E-state index in [0.717, 1.165) is 57.0 Å². The number of fused-ring (bicyclic) bond motifs is 3. The minimum absolute atomic E-state index is 0.306. The third-order valence-electron chi connectivity index (χ3n) is 4.49. The van der Waals surface area contributed by atoms with E-state index >= 15 is 0 Å². The lowest BCUT2D eigenvalue weighted by Crippen LogP contribution is -1.86. The molecule has 2 nitrogen and oxygen atoms in total. The highest BCUT2D eigenvalue weighted by atomic mass is 16.3. The Morgan fingerprint density at radius 2 is 1.96 bits per heavy atom. The first-order valence-corrected chi connectivity index (χ1v) is 8.36. The van der Waals surface area contributed by atoms with Crippen molar-refractivity contribution in [1.29, 1.82) is 0 Å². The molecule has 0 atom stereocenters. The Hall–Kier alpha value is -2.22. The Balaban J connectivity index is 2.23. The molecule has 0 unspecified atom stereocenters. The number of rotatable bonds is 5. The van der Waals surface area contributed by atoms with Gasteiger partial charge in [-0.3, -0.25) is 0 Å². The number of hydrogen-bond donors (Lipinski definition) is 1. The Morgan fingerprint density at radius 3 is 2.65 bits per heavy atom. The van der Waals surface area contributed by atoms with Gasteiger partial charge in [-0.1, -0.05) is 44.1 Å². The van der Waals surface area contributed by atoms with E-state index in [0.29, 0.717) is 5.75 Å². The predicted molar refractivity (Wildman–Crippen MR) is 98.1 cm³/mol. The number of unbranched alkanes of at least 4 members (excludes halogenated alkanes) is 2. The van der Waals surface area contributed by atoms with E-state index in [-0.39, 0.29) is 0 Å². The van der Waals surface area contributed by atoms with Crippen LogP contribution in [0.1, 0.15) is 49.8 Å². The fourth-order valence-corrected chi connectivity index (χ4v) is 3.24. The van der Waals surface area contributed by atoms with E-state index in [1.54, 1.807) is 0 Å². The molecule has 2 aromatic carbocycles. The average molecular weight is 308 g/mol. The molecule has 3 rings (SSSR count). The molecule has 0 radical (unpaired) electrons. The van der Waals surface area contributed by atoms with E-state index < -0.39 is 0 Å². The molecule has 0 bridgehead atoms. The van der Waals surface area contributed by atoms with Gasteiger partial charge in [-0.2, -0.15) is 0 Å². The largest absolute Gasteiger partial charge is 0.507 e. The molecule has 1 aromatic heterocycles. The smallest absolute Gasteiger partial charge is 0.139 e. The Kier molecular flexibility index (Phi) is 4.16. The third-order valence-corrected chi connectivity index (χ3v) is 4.49.